The van der Waals surface area contributed by atoms with E-state index in [4.69, 9.17) is 9.84 Å². The maximum absolute atomic E-state index is 13.3. The lowest BCUT2D eigenvalue weighted by Crippen LogP contribution is -2.25. The molecule has 1 aliphatic rings. The van der Waals surface area contributed by atoms with Crippen molar-refractivity contribution in [2.45, 2.75) is 20.3 Å². The number of carbonyl (C=O) groups excluding carboxylic acids is 2. The van der Waals surface area contributed by atoms with Crippen LogP contribution < -0.4 is 19.9 Å². The van der Waals surface area contributed by atoms with E-state index in [0.29, 0.717) is 53.8 Å². The molecule has 10 nitrogen and oxygen atoms in total. The fraction of sp³-hybridized carbons (Fsp3) is 0.194. The van der Waals surface area contributed by atoms with Gasteiger partial charge >= 0.3 is 5.97 Å². The number of aromatic nitrogens is 2. The average molecular weight is 552 g/mol. The van der Waals surface area contributed by atoms with Crippen molar-refractivity contribution in [3.63, 3.8) is 0 Å². The molecular weight excluding hydrogens is 522 g/mol. The summed E-state index contributed by atoms with van der Waals surface area (Å²) in [7, 11) is 1.74. The number of aryl methyl sites for hydroxylation is 1. The molecule has 0 fully saturated rings. The van der Waals surface area contributed by atoms with Gasteiger partial charge in [0.25, 0.3) is 11.8 Å². The second kappa shape index (κ2) is 11.5. The summed E-state index contributed by atoms with van der Waals surface area (Å²) in [6, 6.07) is 16.6. The zero-order valence-electron chi connectivity index (χ0n) is 22.9. The van der Waals surface area contributed by atoms with Crippen LogP contribution in [-0.2, 0) is 6.42 Å². The lowest BCUT2D eigenvalue weighted by atomic mass is 10.1. The number of nitrogens with one attached hydrogen (secondary N) is 1. The van der Waals surface area contributed by atoms with Crippen LogP contribution in [0.1, 0.15) is 49.1 Å². The first-order valence-electron chi connectivity index (χ1n) is 13.1. The van der Waals surface area contributed by atoms with Gasteiger partial charge in [0, 0.05) is 43.7 Å². The van der Waals surface area contributed by atoms with Crippen LogP contribution in [0.2, 0.25) is 0 Å². The number of carboxylic acids is 1. The maximum atomic E-state index is 13.3. The summed E-state index contributed by atoms with van der Waals surface area (Å²) in [4.78, 5) is 49.6. The summed E-state index contributed by atoms with van der Waals surface area (Å²) in [5, 5.41) is 11.8. The molecule has 0 radical (unpaired) electrons. The van der Waals surface area contributed by atoms with E-state index in [-0.39, 0.29) is 17.4 Å². The SMILES string of the molecule is CCN1c2ncc(CCOc3ccc(NC(=O)c4ccc(C(=O)O)cc4)cc3C)cc2C(=O)N(C)c2cccnc21. The molecule has 3 heterocycles. The summed E-state index contributed by atoms with van der Waals surface area (Å²) in [5.74, 6) is 0.413. The molecule has 0 atom stereocenters. The normalized spacial score (nSPS) is 12.3. The number of anilines is 4. The predicted molar refractivity (Wildman–Crippen MR) is 156 cm³/mol. The summed E-state index contributed by atoms with van der Waals surface area (Å²) in [5.41, 5.74) is 4.02. The van der Waals surface area contributed by atoms with Crippen molar-refractivity contribution in [1.82, 2.24) is 9.97 Å². The second-order valence-corrected chi connectivity index (χ2v) is 9.58. The summed E-state index contributed by atoms with van der Waals surface area (Å²) < 4.78 is 6.02. The van der Waals surface area contributed by atoms with Crippen molar-refractivity contribution in [2.75, 3.05) is 35.3 Å². The second-order valence-electron chi connectivity index (χ2n) is 9.58. The molecule has 0 saturated carbocycles. The van der Waals surface area contributed by atoms with Gasteiger partial charge in [-0.25, -0.2) is 14.8 Å². The molecule has 4 aromatic rings. The fourth-order valence-corrected chi connectivity index (χ4v) is 4.69. The summed E-state index contributed by atoms with van der Waals surface area (Å²) in [6.07, 6.45) is 4.01. The number of rotatable bonds is 8. The Kier molecular flexibility index (Phi) is 7.64. The first-order valence-corrected chi connectivity index (χ1v) is 13.1. The van der Waals surface area contributed by atoms with Gasteiger partial charge in [-0.2, -0.15) is 0 Å². The van der Waals surface area contributed by atoms with Crippen LogP contribution in [0, 0.1) is 6.92 Å². The number of ether oxygens (including phenoxy) is 1. The number of hydrogen-bond acceptors (Lipinski definition) is 7. The van der Waals surface area contributed by atoms with Crippen molar-refractivity contribution in [1.29, 1.82) is 0 Å². The third-order valence-corrected chi connectivity index (χ3v) is 6.89. The highest BCUT2D eigenvalue weighted by Crippen LogP contribution is 2.37. The Balaban J connectivity index is 1.24. The molecule has 5 rings (SSSR count). The topological polar surface area (TPSA) is 125 Å². The zero-order chi connectivity index (χ0) is 29.1. The van der Waals surface area contributed by atoms with E-state index >= 15 is 0 Å². The molecule has 208 valence electrons. The third-order valence-electron chi connectivity index (χ3n) is 6.89. The molecule has 41 heavy (non-hydrogen) atoms. The van der Waals surface area contributed by atoms with E-state index in [0.717, 1.165) is 16.8 Å². The molecule has 0 unspecified atom stereocenters. The smallest absolute Gasteiger partial charge is 0.335 e. The van der Waals surface area contributed by atoms with E-state index in [1.807, 2.05) is 43.0 Å². The van der Waals surface area contributed by atoms with E-state index < -0.39 is 5.97 Å². The molecule has 0 aliphatic carbocycles. The van der Waals surface area contributed by atoms with Gasteiger partial charge in [0.05, 0.1) is 23.4 Å². The average Bonchev–Trinajstić information content (AvgIpc) is 3.06. The van der Waals surface area contributed by atoms with Gasteiger partial charge in [0.15, 0.2) is 5.82 Å². The molecule has 2 N–H and O–H groups in total. The number of hydrogen-bond donors (Lipinski definition) is 2. The zero-order valence-corrected chi connectivity index (χ0v) is 22.9. The first kappa shape index (κ1) is 27.3. The Morgan fingerprint density at radius 2 is 1.76 bits per heavy atom. The van der Waals surface area contributed by atoms with Gasteiger partial charge in [-0.05, 0) is 85.6 Å². The highest BCUT2D eigenvalue weighted by atomic mass is 16.5. The van der Waals surface area contributed by atoms with Crippen LogP contribution in [0.25, 0.3) is 0 Å². The minimum atomic E-state index is -1.05. The van der Waals surface area contributed by atoms with Gasteiger partial charge < -0.3 is 25.0 Å². The van der Waals surface area contributed by atoms with E-state index in [2.05, 4.69) is 15.3 Å². The molecule has 2 aromatic heterocycles. The van der Waals surface area contributed by atoms with Crippen molar-refractivity contribution < 1.29 is 24.2 Å². The maximum Gasteiger partial charge on any atom is 0.335 e. The Morgan fingerprint density at radius 3 is 2.46 bits per heavy atom. The van der Waals surface area contributed by atoms with Crippen LogP contribution >= 0.6 is 0 Å². The Hall–Kier alpha value is -5.25. The molecule has 2 aromatic carbocycles. The van der Waals surface area contributed by atoms with Crippen molar-refractivity contribution in [2.24, 2.45) is 0 Å². The number of aromatic carboxylic acids is 1. The predicted octanol–water partition coefficient (Wildman–Crippen LogP) is 5.11. The molecule has 0 spiro atoms. The molecular formula is C31H29N5O5. The Labute approximate surface area is 237 Å². The number of amides is 2. The Bertz CT molecular complexity index is 1640. The van der Waals surface area contributed by atoms with Gasteiger partial charge in [-0.3, -0.25) is 9.59 Å². The molecule has 1 aliphatic heterocycles. The van der Waals surface area contributed by atoms with Gasteiger partial charge in [0.1, 0.15) is 11.6 Å². The molecule has 0 saturated heterocycles. The number of pyridine rings is 2. The van der Waals surface area contributed by atoms with Crippen LogP contribution in [-0.4, -0.2) is 53.1 Å². The number of nitrogens with zero attached hydrogens (tertiary/aromatic N) is 4. The fourth-order valence-electron chi connectivity index (χ4n) is 4.69. The minimum Gasteiger partial charge on any atom is -0.493 e. The lowest BCUT2D eigenvalue weighted by Gasteiger charge is -2.22. The summed E-state index contributed by atoms with van der Waals surface area (Å²) in [6.45, 7) is 4.86. The minimum absolute atomic E-state index is 0.116. The number of fused-ring (bicyclic) bond motifs is 2. The Morgan fingerprint density at radius 1 is 1.00 bits per heavy atom. The number of carbonyl (C=O) groups is 3. The highest BCUT2D eigenvalue weighted by Gasteiger charge is 2.30. The van der Waals surface area contributed by atoms with Crippen LogP contribution in [0.5, 0.6) is 5.75 Å². The van der Waals surface area contributed by atoms with Gasteiger partial charge in [0.2, 0.25) is 0 Å². The van der Waals surface area contributed by atoms with Crippen molar-refractivity contribution in [3.8, 4) is 5.75 Å². The van der Waals surface area contributed by atoms with Crippen molar-refractivity contribution in [3.05, 3.63) is 101 Å². The quantitative estimate of drug-likeness (QED) is 0.310. The van der Waals surface area contributed by atoms with Gasteiger partial charge in [-0.1, -0.05) is 0 Å². The molecule has 0 bridgehead atoms. The monoisotopic (exact) mass is 551 g/mol. The summed E-state index contributed by atoms with van der Waals surface area (Å²) >= 11 is 0. The van der Waals surface area contributed by atoms with E-state index in [1.165, 1.54) is 24.3 Å². The largest absolute Gasteiger partial charge is 0.493 e. The molecule has 10 heteroatoms. The van der Waals surface area contributed by atoms with Crippen LogP contribution in [0.4, 0.5) is 23.0 Å². The van der Waals surface area contributed by atoms with Gasteiger partial charge in [-0.15, -0.1) is 0 Å². The standard InChI is InChI=1S/C31H29N5O5/c1-4-36-27-24(30(38)35(3)25-6-5-14-32-28(25)36)17-20(18-33-27)13-15-41-26-12-11-23(16-19(26)2)34-29(37)21-7-9-22(10-8-21)31(39)40/h5-12,14,16-18H,4,13,15H2,1-3H3,(H,34,37)(H,39,40). The van der Waals surface area contributed by atoms with Crippen LogP contribution in [0.3, 0.4) is 0 Å². The van der Waals surface area contributed by atoms with Crippen molar-refractivity contribution >= 4 is 40.8 Å². The lowest BCUT2D eigenvalue weighted by molar-refractivity contribution is 0.0696. The molecule has 2 amide bonds. The first-order chi connectivity index (χ1) is 19.8. The van der Waals surface area contributed by atoms with E-state index in [1.54, 1.807) is 36.5 Å². The number of carboxylic acid groups (broad SMARTS) is 1. The third kappa shape index (κ3) is 5.58. The highest BCUT2D eigenvalue weighted by molar-refractivity contribution is 6.12. The van der Waals surface area contributed by atoms with Crippen LogP contribution in [0.15, 0.2) is 73.1 Å². The van der Waals surface area contributed by atoms with E-state index in [9.17, 15) is 14.4 Å². The number of benzene rings is 2.